The van der Waals surface area contributed by atoms with E-state index in [0.29, 0.717) is 6.42 Å². The monoisotopic (exact) mass is 888 g/mol. The van der Waals surface area contributed by atoms with E-state index in [9.17, 15) is 24.3 Å². The molecule has 0 unspecified atom stereocenters. The third-order valence-electron chi connectivity index (χ3n) is 11.6. The van der Waals surface area contributed by atoms with Crippen molar-refractivity contribution in [2.24, 2.45) is 11.1 Å². The molecule has 5 aromatic carbocycles. The molecule has 0 saturated heterocycles. The van der Waals surface area contributed by atoms with Gasteiger partial charge in [-0.1, -0.05) is 172 Å². The van der Waals surface area contributed by atoms with E-state index in [2.05, 4.69) is 26.3 Å². The maximum Gasteiger partial charge on any atom is 0.407 e. The lowest BCUT2D eigenvalue weighted by atomic mass is 9.77. The number of alkyl carbamates (subject to hydrolysis) is 1. The maximum absolute atomic E-state index is 14.2. The zero-order valence-electron chi connectivity index (χ0n) is 37.9. The van der Waals surface area contributed by atoms with E-state index in [-0.39, 0.29) is 19.3 Å². The average Bonchev–Trinajstić information content (AvgIpc) is 3.33. The lowest BCUT2D eigenvalue weighted by Crippen LogP contribution is -2.57. The van der Waals surface area contributed by atoms with Gasteiger partial charge in [-0.05, 0) is 64.6 Å². The van der Waals surface area contributed by atoms with Gasteiger partial charge in [0.05, 0.1) is 37.4 Å². The highest BCUT2D eigenvalue weighted by atomic mass is 16.5. The lowest BCUT2D eigenvalue weighted by molar-refractivity contribution is -0.129. The molecule has 6 rings (SSSR count). The Bertz CT molecular complexity index is 2370. The largest absolute Gasteiger partial charge is 0.453 e. The maximum atomic E-state index is 14.2. The summed E-state index contributed by atoms with van der Waals surface area (Å²) in [4.78, 5) is 59.3. The Labute approximate surface area is 387 Å². The lowest BCUT2D eigenvalue weighted by Gasteiger charge is -2.37. The number of nitrogens with one attached hydrogen (secondary N) is 4. The molecule has 0 aliphatic rings. The molecule has 0 radical (unpaired) electrons. The van der Waals surface area contributed by atoms with Gasteiger partial charge in [0.2, 0.25) is 17.7 Å². The molecule has 0 saturated carbocycles. The molecule has 1 heterocycles. The summed E-state index contributed by atoms with van der Waals surface area (Å²) in [6.07, 6.45) is -0.0691. The first-order valence-corrected chi connectivity index (χ1v) is 22.2. The van der Waals surface area contributed by atoms with Gasteiger partial charge in [-0.2, -0.15) is 0 Å². The summed E-state index contributed by atoms with van der Waals surface area (Å²) in [6.45, 7) is 5.48. The third-order valence-corrected chi connectivity index (χ3v) is 11.6. The summed E-state index contributed by atoms with van der Waals surface area (Å²) < 4.78 is 4.84. The Kier molecular flexibility index (Phi) is 16.6. The summed E-state index contributed by atoms with van der Waals surface area (Å²) in [6, 6.07) is 48.0. The van der Waals surface area contributed by atoms with Crippen LogP contribution in [0.5, 0.6) is 0 Å². The van der Waals surface area contributed by atoms with Gasteiger partial charge in [-0.25, -0.2) is 4.79 Å². The highest BCUT2D eigenvalue weighted by Crippen LogP contribution is 2.37. The third kappa shape index (κ3) is 12.8. The number of aliphatic hydroxyl groups is 1. The van der Waals surface area contributed by atoms with Crippen LogP contribution in [0.2, 0.25) is 0 Å². The van der Waals surface area contributed by atoms with Crippen molar-refractivity contribution in [3.63, 3.8) is 0 Å². The Morgan fingerprint density at radius 1 is 0.636 bits per heavy atom. The Morgan fingerprint density at radius 2 is 1.15 bits per heavy atom. The summed E-state index contributed by atoms with van der Waals surface area (Å²) in [7, 11) is 1.23. The Balaban J connectivity index is 1.25. The molecular weight excluding hydrogens is 829 g/mol. The molecule has 0 bridgehead atoms. The van der Waals surface area contributed by atoms with Crippen LogP contribution >= 0.6 is 0 Å². The van der Waals surface area contributed by atoms with Crippen molar-refractivity contribution in [3.8, 4) is 11.3 Å². The average molecular weight is 889 g/mol. The van der Waals surface area contributed by atoms with E-state index in [1.807, 2.05) is 185 Å². The highest BCUT2D eigenvalue weighted by molar-refractivity contribution is 5.89. The number of nitrogens with zero attached hydrogens (tertiary/aromatic N) is 1. The minimum Gasteiger partial charge on any atom is -0.453 e. The smallest absolute Gasteiger partial charge is 0.407 e. The van der Waals surface area contributed by atoms with E-state index < -0.39 is 65.0 Å². The van der Waals surface area contributed by atoms with Crippen molar-refractivity contribution in [3.05, 3.63) is 198 Å². The zero-order chi connectivity index (χ0) is 47.1. The quantitative estimate of drug-likeness (QED) is 0.0477. The molecular formula is C54H60N6O6. The number of pyridine rings is 1. The van der Waals surface area contributed by atoms with Crippen LogP contribution in [-0.2, 0) is 37.5 Å². The molecule has 0 spiro atoms. The number of nitrogens with two attached hydrogens (primary N) is 1. The molecule has 0 fully saturated rings. The summed E-state index contributed by atoms with van der Waals surface area (Å²) in [5.74, 6) is -1.56. The number of carbonyl (C=O) groups is 4. The number of aliphatic hydroxyl groups excluding tert-OH is 1. The first-order chi connectivity index (χ1) is 31.8. The SMILES string of the molecule is COC(=O)N[C@H](C(=O)N[C@@H](Cc1ccc(-c2ccccn2)cc1)C[C@H](O)[C@H](Cc1ccccc1)NC(=O)[C@@H](N)CC(=O)NC(c1ccccc1)(c1ccccc1)c1ccccc1)C(C)(C)C. The van der Waals surface area contributed by atoms with E-state index in [1.165, 1.54) is 7.11 Å². The summed E-state index contributed by atoms with van der Waals surface area (Å²) >= 11 is 0. The van der Waals surface area contributed by atoms with Crippen LogP contribution in [0.15, 0.2) is 170 Å². The molecule has 0 aliphatic heterocycles. The van der Waals surface area contributed by atoms with Crippen LogP contribution in [0, 0.1) is 5.41 Å². The van der Waals surface area contributed by atoms with Crippen molar-refractivity contribution >= 4 is 23.8 Å². The molecule has 342 valence electrons. The van der Waals surface area contributed by atoms with Gasteiger partial charge in [0.15, 0.2) is 0 Å². The molecule has 1 aromatic heterocycles. The normalized spacial score (nSPS) is 13.8. The topological polar surface area (TPSA) is 185 Å². The second-order valence-electron chi connectivity index (χ2n) is 17.6. The molecule has 12 nitrogen and oxygen atoms in total. The second-order valence-corrected chi connectivity index (χ2v) is 17.6. The number of hydrogen-bond donors (Lipinski definition) is 6. The van der Waals surface area contributed by atoms with Gasteiger partial charge in [0.25, 0.3) is 0 Å². The van der Waals surface area contributed by atoms with E-state index in [4.69, 9.17) is 10.5 Å². The number of hydrogen-bond acceptors (Lipinski definition) is 8. The van der Waals surface area contributed by atoms with Crippen LogP contribution in [0.1, 0.15) is 61.4 Å². The summed E-state index contributed by atoms with van der Waals surface area (Å²) in [5, 5.41) is 24.2. The van der Waals surface area contributed by atoms with Crippen LogP contribution in [0.4, 0.5) is 4.79 Å². The Morgan fingerprint density at radius 3 is 1.65 bits per heavy atom. The first kappa shape index (κ1) is 48.3. The van der Waals surface area contributed by atoms with Gasteiger partial charge in [0.1, 0.15) is 11.6 Å². The van der Waals surface area contributed by atoms with Crippen molar-refractivity contribution in [1.29, 1.82) is 0 Å². The van der Waals surface area contributed by atoms with Crippen molar-refractivity contribution in [2.75, 3.05) is 7.11 Å². The van der Waals surface area contributed by atoms with Gasteiger partial charge in [-0.15, -0.1) is 0 Å². The van der Waals surface area contributed by atoms with E-state index >= 15 is 0 Å². The Hall–Kier alpha value is -7.15. The number of carbonyl (C=O) groups excluding carboxylic acids is 4. The standard InChI is InChI=1S/C54H60N6O6/c1-53(2,3)49(59-52(65)66-4)51(64)57-43(33-38-28-30-39(31-29-38)45-27-17-18-32-56-45)35-47(61)46(34-37-19-9-5-10-20-37)58-50(63)44(55)36-48(62)60-54(40-21-11-6-12-22-40,41-23-13-7-14-24-41)42-25-15-8-16-26-42/h5-32,43-44,46-47,49,61H,33-36,55H2,1-4H3,(H,57,64)(H,58,63)(H,59,65)(H,60,62)/t43-,44-,46-,47-,49+/m0/s1. The number of aromatic nitrogens is 1. The fraction of sp³-hybridized carbons (Fsp3) is 0.278. The number of ether oxygens (including phenoxy) is 1. The molecule has 66 heavy (non-hydrogen) atoms. The molecule has 12 heteroatoms. The number of rotatable bonds is 19. The van der Waals surface area contributed by atoms with Crippen LogP contribution in [0.3, 0.4) is 0 Å². The number of benzene rings is 5. The van der Waals surface area contributed by atoms with Crippen molar-refractivity contribution in [2.45, 2.75) is 82.3 Å². The molecule has 0 aliphatic carbocycles. The highest BCUT2D eigenvalue weighted by Gasteiger charge is 2.39. The number of amides is 4. The molecule has 6 aromatic rings. The van der Waals surface area contributed by atoms with Crippen molar-refractivity contribution in [1.82, 2.24) is 26.3 Å². The van der Waals surface area contributed by atoms with Crippen LogP contribution in [-0.4, -0.2) is 71.3 Å². The predicted octanol–water partition coefficient (Wildman–Crippen LogP) is 6.85. The van der Waals surface area contributed by atoms with Gasteiger partial charge >= 0.3 is 6.09 Å². The van der Waals surface area contributed by atoms with Gasteiger partial charge in [0, 0.05) is 17.8 Å². The summed E-state index contributed by atoms with van der Waals surface area (Å²) in [5.41, 5.74) is 10.7. The van der Waals surface area contributed by atoms with Crippen LogP contribution < -0.4 is 27.0 Å². The predicted molar refractivity (Wildman–Crippen MR) is 257 cm³/mol. The van der Waals surface area contributed by atoms with Crippen LogP contribution in [0.25, 0.3) is 11.3 Å². The van der Waals surface area contributed by atoms with Crippen molar-refractivity contribution < 1.29 is 29.0 Å². The minimum atomic E-state index is -1.29. The number of methoxy groups -OCH3 is 1. The molecule has 4 amide bonds. The second kappa shape index (κ2) is 22.7. The van der Waals surface area contributed by atoms with E-state index in [0.717, 1.165) is 39.1 Å². The fourth-order valence-electron chi connectivity index (χ4n) is 8.19. The zero-order valence-corrected chi connectivity index (χ0v) is 37.9. The first-order valence-electron chi connectivity index (χ1n) is 22.2. The van der Waals surface area contributed by atoms with Gasteiger partial charge in [-0.3, -0.25) is 19.4 Å². The van der Waals surface area contributed by atoms with Gasteiger partial charge < -0.3 is 36.8 Å². The molecule has 7 N–H and O–H groups in total. The minimum absolute atomic E-state index is 0.00404. The van der Waals surface area contributed by atoms with E-state index in [1.54, 1.807) is 6.20 Å². The molecule has 5 atom stereocenters. The fourth-order valence-corrected chi connectivity index (χ4v) is 8.19.